The average molecular weight is 417 g/mol. The van der Waals surface area contributed by atoms with Crippen LogP contribution in [0.2, 0.25) is 0 Å². The number of hydrogen-bond donors (Lipinski definition) is 1. The van der Waals surface area contributed by atoms with Crippen LogP contribution in [-0.2, 0) is 11.3 Å². The third kappa shape index (κ3) is 4.40. The van der Waals surface area contributed by atoms with Gasteiger partial charge >= 0.3 is 0 Å². The summed E-state index contributed by atoms with van der Waals surface area (Å²) in [6.45, 7) is 4.45. The summed E-state index contributed by atoms with van der Waals surface area (Å²) < 4.78 is 0. The third-order valence-corrected chi connectivity index (χ3v) is 6.22. The molecule has 3 aromatic rings. The molecule has 0 bridgehead atoms. The Labute approximate surface area is 182 Å². The van der Waals surface area contributed by atoms with Gasteiger partial charge in [0, 0.05) is 44.5 Å². The van der Waals surface area contributed by atoms with Gasteiger partial charge in [0.2, 0.25) is 0 Å². The average Bonchev–Trinajstić information content (AvgIpc) is 3.24. The molecule has 0 spiro atoms. The molecular weight excluding hydrogens is 388 g/mol. The molecule has 2 aliphatic rings. The van der Waals surface area contributed by atoms with E-state index in [1.165, 1.54) is 21.9 Å². The lowest BCUT2D eigenvalue weighted by Gasteiger charge is -2.36. The maximum atomic E-state index is 10.4. The second kappa shape index (κ2) is 9.04. The SMILES string of the molecule is OC(CON=C1CCc2c1ccc1ccccc21)CN1CCN(c2ccccn2)CC1. The van der Waals surface area contributed by atoms with Crippen LogP contribution in [0.15, 0.2) is 65.9 Å². The van der Waals surface area contributed by atoms with Crippen molar-refractivity contribution < 1.29 is 9.94 Å². The zero-order valence-corrected chi connectivity index (χ0v) is 17.7. The van der Waals surface area contributed by atoms with E-state index in [1.807, 2.05) is 24.4 Å². The van der Waals surface area contributed by atoms with Gasteiger partial charge in [0.05, 0.1) is 5.71 Å². The molecule has 1 fully saturated rings. The van der Waals surface area contributed by atoms with Gasteiger partial charge < -0.3 is 14.8 Å². The Hall–Kier alpha value is -2.96. The molecule has 1 aliphatic heterocycles. The molecule has 0 amide bonds. The number of pyridine rings is 1. The van der Waals surface area contributed by atoms with Crippen molar-refractivity contribution in [3.63, 3.8) is 0 Å². The first-order valence-electron chi connectivity index (χ1n) is 11.0. The van der Waals surface area contributed by atoms with Gasteiger partial charge in [-0.05, 0) is 41.3 Å². The van der Waals surface area contributed by atoms with E-state index in [0.717, 1.165) is 50.6 Å². The number of β-amino-alcohol motifs (C(OH)–C–C–N with tert-alkyl or cyclic N) is 1. The molecule has 1 N–H and O–H groups in total. The predicted octanol–water partition coefficient (Wildman–Crippen LogP) is 3.08. The quantitative estimate of drug-likeness (QED) is 0.626. The molecule has 5 rings (SSSR count). The molecule has 1 saturated heterocycles. The van der Waals surface area contributed by atoms with Crippen LogP contribution in [0, 0.1) is 0 Å². The van der Waals surface area contributed by atoms with Gasteiger partial charge in [-0.25, -0.2) is 4.98 Å². The highest BCUT2D eigenvalue weighted by Gasteiger charge is 2.22. The van der Waals surface area contributed by atoms with Crippen molar-refractivity contribution in [2.75, 3.05) is 44.2 Å². The number of fused-ring (bicyclic) bond motifs is 3. The molecule has 2 aromatic carbocycles. The normalized spacial score (nSPS) is 19.0. The Bertz CT molecular complexity index is 1060. The number of nitrogens with zero attached hydrogens (tertiary/aromatic N) is 4. The highest BCUT2D eigenvalue weighted by molar-refractivity contribution is 6.08. The molecule has 1 aliphatic carbocycles. The first kappa shape index (κ1) is 20.0. The van der Waals surface area contributed by atoms with Gasteiger partial charge in [0.1, 0.15) is 18.5 Å². The summed E-state index contributed by atoms with van der Waals surface area (Å²) in [5, 5.41) is 17.4. The number of hydrogen-bond acceptors (Lipinski definition) is 6. The number of benzene rings is 2. The summed E-state index contributed by atoms with van der Waals surface area (Å²) in [6.07, 6.45) is 3.15. The molecular formula is C25H28N4O2. The van der Waals surface area contributed by atoms with Crippen LogP contribution in [0.4, 0.5) is 5.82 Å². The molecule has 1 unspecified atom stereocenters. The first-order chi connectivity index (χ1) is 15.3. The van der Waals surface area contributed by atoms with Crippen LogP contribution in [0.1, 0.15) is 17.5 Å². The van der Waals surface area contributed by atoms with Crippen molar-refractivity contribution in [2.24, 2.45) is 5.16 Å². The molecule has 6 heteroatoms. The predicted molar refractivity (Wildman–Crippen MR) is 124 cm³/mol. The van der Waals surface area contributed by atoms with E-state index in [1.54, 1.807) is 0 Å². The molecule has 2 heterocycles. The van der Waals surface area contributed by atoms with Gasteiger partial charge in [0.15, 0.2) is 0 Å². The van der Waals surface area contributed by atoms with Gasteiger partial charge in [-0.1, -0.05) is 47.6 Å². The number of anilines is 1. The van der Waals surface area contributed by atoms with Crippen LogP contribution < -0.4 is 4.90 Å². The minimum absolute atomic E-state index is 0.215. The first-order valence-corrected chi connectivity index (χ1v) is 11.0. The number of rotatable bonds is 6. The monoisotopic (exact) mass is 416 g/mol. The Balaban J connectivity index is 1.12. The van der Waals surface area contributed by atoms with E-state index < -0.39 is 6.10 Å². The summed E-state index contributed by atoms with van der Waals surface area (Å²) in [7, 11) is 0. The fraction of sp³-hybridized carbons (Fsp3) is 0.360. The van der Waals surface area contributed by atoms with Crippen molar-refractivity contribution in [1.82, 2.24) is 9.88 Å². The topological polar surface area (TPSA) is 61.2 Å². The number of piperazine rings is 1. The summed E-state index contributed by atoms with van der Waals surface area (Å²) >= 11 is 0. The van der Waals surface area contributed by atoms with E-state index in [2.05, 4.69) is 56.3 Å². The van der Waals surface area contributed by atoms with Crippen molar-refractivity contribution in [2.45, 2.75) is 18.9 Å². The minimum Gasteiger partial charge on any atom is -0.393 e. The van der Waals surface area contributed by atoms with Crippen LogP contribution >= 0.6 is 0 Å². The van der Waals surface area contributed by atoms with Crippen LogP contribution in [0.5, 0.6) is 0 Å². The fourth-order valence-corrected chi connectivity index (χ4v) is 4.60. The van der Waals surface area contributed by atoms with E-state index >= 15 is 0 Å². The molecule has 160 valence electrons. The maximum Gasteiger partial charge on any atom is 0.144 e. The lowest BCUT2D eigenvalue weighted by Crippen LogP contribution is -2.49. The highest BCUT2D eigenvalue weighted by Crippen LogP contribution is 2.30. The zero-order chi connectivity index (χ0) is 21.0. The van der Waals surface area contributed by atoms with Crippen molar-refractivity contribution in [1.29, 1.82) is 0 Å². The Kier molecular flexibility index (Phi) is 5.82. The molecule has 0 saturated carbocycles. The van der Waals surface area contributed by atoms with Gasteiger partial charge in [-0.2, -0.15) is 0 Å². The summed E-state index contributed by atoms with van der Waals surface area (Å²) in [6, 6.07) is 18.8. The van der Waals surface area contributed by atoms with Crippen LogP contribution in [-0.4, -0.2) is 66.1 Å². The minimum atomic E-state index is -0.553. The molecule has 1 atom stereocenters. The van der Waals surface area contributed by atoms with E-state index in [9.17, 15) is 5.11 Å². The molecule has 6 nitrogen and oxygen atoms in total. The smallest absolute Gasteiger partial charge is 0.144 e. The van der Waals surface area contributed by atoms with E-state index in [-0.39, 0.29) is 6.61 Å². The van der Waals surface area contributed by atoms with Gasteiger partial charge in [-0.3, -0.25) is 4.90 Å². The zero-order valence-electron chi connectivity index (χ0n) is 17.7. The Morgan fingerprint density at radius 3 is 2.65 bits per heavy atom. The number of oxime groups is 1. The lowest BCUT2D eigenvalue weighted by molar-refractivity contribution is 0.0180. The van der Waals surface area contributed by atoms with Gasteiger partial charge in [0.25, 0.3) is 0 Å². The summed E-state index contributed by atoms with van der Waals surface area (Å²) in [5.74, 6) is 1.02. The van der Waals surface area contributed by atoms with Crippen molar-refractivity contribution in [3.8, 4) is 0 Å². The Morgan fingerprint density at radius 1 is 0.968 bits per heavy atom. The van der Waals surface area contributed by atoms with Crippen molar-refractivity contribution >= 4 is 22.3 Å². The van der Waals surface area contributed by atoms with Gasteiger partial charge in [-0.15, -0.1) is 0 Å². The van der Waals surface area contributed by atoms with E-state index in [0.29, 0.717) is 6.54 Å². The number of aliphatic hydroxyl groups is 1. The molecule has 31 heavy (non-hydrogen) atoms. The third-order valence-electron chi connectivity index (χ3n) is 6.22. The van der Waals surface area contributed by atoms with Crippen molar-refractivity contribution in [3.05, 3.63) is 71.9 Å². The van der Waals surface area contributed by atoms with Crippen LogP contribution in [0.3, 0.4) is 0 Å². The fourth-order valence-electron chi connectivity index (χ4n) is 4.60. The molecule has 1 aromatic heterocycles. The van der Waals surface area contributed by atoms with E-state index in [4.69, 9.17) is 4.84 Å². The molecule has 0 radical (unpaired) electrons. The highest BCUT2D eigenvalue weighted by atomic mass is 16.6. The number of aryl methyl sites for hydroxylation is 1. The summed E-state index contributed by atoms with van der Waals surface area (Å²) in [4.78, 5) is 14.6. The Morgan fingerprint density at radius 2 is 1.81 bits per heavy atom. The second-order valence-electron chi connectivity index (χ2n) is 8.28. The number of aromatic nitrogens is 1. The largest absolute Gasteiger partial charge is 0.393 e. The summed E-state index contributed by atoms with van der Waals surface area (Å²) in [5.41, 5.74) is 3.52. The van der Waals surface area contributed by atoms with Crippen LogP contribution in [0.25, 0.3) is 10.8 Å². The maximum absolute atomic E-state index is 10.4. The second-order valence-corrected chi connectivity index (χ2v) is 8.28. The number of aliphatic hydroxyl groups excluding tert-OH is 1. The lowest BCUT2D eigenvalue weighted by atomic mass is 10.0. The standard InChI is InChI=1S/C25H28N4O2/c30-20(17-28-13-15-29(16-14-28)25-7-3-4-12-26-25)18-31-27-24-11-10-22-21-6-2-1-5-19(21)8-9-23(22)24/h1-9,12,20,30H,10-11,13-18H2.